The van der Waals surface area contributed by atoms with Crippen LogP contribution in [0.4, 0.5) is 4.39 Å². The van der Waals surface area contributed by atoms with E-state index in [1.807, 2.05) is 0 Å². The first-order valence-electron chi connectivity index (χ1n) is 7.08. The molecule has 1 aromatic carbocycles. The third-order valence-corrected chi connectivity index (χ3v) is 3.62. The molecule has 20 heavy (non-hydrogen) atoms. The van der Waals surface area contributed by atoms with Crippen LogP contribution in [-0.4, -0.2) is 43.1 Å². The van der Waals surface area contributed by atoms with E-state index in [0.717, 1.165) is 19.5 Å². The van der Waals surface area contributed by atoms with Crippen molar-refractivity contribution in [2.75, 3.05) is 26.2 Å². The maximum absolute atomic E-state index is 12.7. The van der Waals surface area contributed by atoms with Gasteiger partial charge in [0.15, 0.2) is 6.61 Å². The second-order valence-electron chi connectivity index (χ2n) is 4.97. The van der Waals surface area contributed by atoms with Gasteiger partial charge in [0.2, 0.25) is 0 Å². The van der Waals surface area contributed by atoms with Crippen LogP contribution in [0.25, 0.3) is 0 Å². The molecule has 1 aliphatic rings. The fraction of sp³-hybridized carbons (Fsp3) is 0.533. The van der Waals surface area contributed by atoms with Gasteiger partial charge in [0.25, 0.3) is 5.91 Å². The summed E-state index contributed by atoms with van der Waals surface area (Å²) >= 11 is 0. The van der Waals surface area contributed by atoms with E-state index in [0.29, 0.717) is 18.3 Å². The normalized spacial score (nSPS) is 19.0. The van der Waals surface area contributed by atoms with E-state index in [-0.39, 0.29) is 18.3 Å². The van der Waals surface area contributed by atoms with Gasteiger partial charge >= 0.3 is 0 Å². The lowest BCUT2D eigenvalue weighted by Crippen LogP contribution is -2.41. The maximum atomic E-state index is 12.7. The van der Waals surface area contributed by atoms with Crippen molar-refractivity contribution in [3.63, 3.8) is 0 Å². The molecule has 0 unspecified atom stereocenters. The topological polar surface area (TPSA) is 41.6 Å². The molecule has 1 aromatic rings. The second kappa shape index (κ2) is 7.24. The van der Waals surface area contributed by atoms with Crippen molar-refractivity contribution in [1.29, 1.82) is 0 Å². The highest BCUT2D eigenvalue weighted by atomic mass is 19.1. The lowest BCUT2D eigenvalue weighted by atomic mass is 10.2. The molecule has 0 saturated carbocycles. The molecule has 5 heteroatoms. The molecule has 1 fully saturated rings. The molecule has 0 aromatic heterocycles. The number of rotatable bonds is 6. The highest BCUT2D eigenvalue weighted by Crippen LogP contribution is 2.15. The first-order valence-corrected chi connectivity index (χ1v) is 7.08. The van der Waals surface area contributed by atoms with Gasteiger partial charge in [-0.1, -0.05) is 6.92 Å². The van der Waals surface area contributed by atoms with Crippen LogP contribution in [0, 0.1) is 5.82 Å². The van der Waals surface area contributed by atoms with Crippen molar-refractivity contribution in [3.8, 4) is 5.75 Å². The average Bonchev–Trinajstić information content (AvgIpc) is 2.92. The van der Waals surface area contributed by atoms with Crippen LogP contribution in [0.5, 0.6) is 5.75 Å². The molecule has 1 heterocycles. The van der Waals surface area contributed by atoms with Crippen molar-refractivity contribution in [3.05, 3.63) is 30.1 Å². The fourth-order valence-corrected chi connectivity index (χ4v) is 2.51. The fourth-order valence-electron chi connectivity index (χ4n) is 2.51. The Bertz CT molecular complexity index is 436. The number of ether oxygens (including phenoxy) is 1. The van der Waals surface area contributed by atoms with Gasteiger partial charge in [-0.05, 0) is 50.2 Å². The van der Waals surface area contributed by atoms with Crippen LogP contribution in [0.3, 0.4) is 0 Å². The lowest BCUT2D eigenvalue weighted by Gasteiger charge is -2.22. The Hall–Kier alpha value is -1.62. The summed E-state index contributed by atoms with van der Waals surface area (Å²) in [4.78, 5) is 14.1. The van der Waals surface area contributed by atoms with Crippen LogP contribution in [0.15, 0.2) is 24.3 Å². The van der Waals surface area contributed by atoms with E-state index >= 15 is 0 Å². The van der Waals surface area contributed by atoms with Crippen LogP contribution < -0.4 is 10.1 Å². The molecule has 1 saturated heterocycles. The van der Waals surface area contributed by atoms with Crippen molar-refractivity contribution >= 4 is 5.91 Å². The maximum Gasteiger partial charge on any atom is 0.257 e. The number of nitrogens with one attached hydrogen (secondary N) is 1. The van der Waals surface area contributed by atoms with Gasteiger partial charge < -0.3 is 10.1 Å². The molecule has 1 N–H and O–H groups in total. The Morgan fingerprint density at radius 2 is 2.20 bits per heavy atom. The van der Waals surface area contributed by atoms with Crippen LogP contribution in [-0.2, 0) is 4.79 Å². The summed E-state index contributed by atoms with van der Waals surface area (Å²) in [6.07, 6.45) is 2.33. The number of amides is 1. The molecule has 0 aliphatic carbocycles. The largest absolute Gasteiger partial charge is 0.484 e. The van der Waals surface area contributed by atoms with Gasteiger partial charge in [0, 0.05) is 12.6 Å². The van der Waals surface area contributed by atoms with Gasteiger partial charge in [-0.15, -0.1) is 0 Å². The number of likely N-dealkylation sites (N-methyl/N-ethyl adjacent to an activating group) is 1. The summed E-state index contributed by atoms with van der Waals surface area (Å²) in [5.74, 6) is 0.0394. The Kier molecular flexibility index (Phi) is 5.35. The highest BCUT2D eigenvalue weighted by Gasteiger charge is 2.23. The predicted molar refractivity (Wildman–Crippen MR) is 75.2 cm³/mol. The van der Waals surface area contributed by atoms with E-state index in [9.17, 15) is 9.18 Å². The average molecular weight is 280 g/mol. The Balaban J connectivity index is 1.69. The summed E-state index contributed by atoms with van der Waals surface area (Å²) in [6, 6.07) is 6.09. The zero-order valence-corrected chi connectivity index (χ0v) is 11.8. The number of benzene rings is 1. The molecule has 0 spiro atoms. The SMILES string of the molecule is CCN1CCC[C@@H]1CNC(=O)COc1ccc(F)cc1. The smallest absolute Gasteiger partial charge is 0.257 e. The number of halogens is 1. The summed E-state index contributed by atoms with van der Waals surface area (Å²) < 4.78 is 18.0. The number of nitrogens with zero attached hydrogens (tertiary/aromatic N) is 1. The number of hydrogen-bond donors (Lipinski definition) is 1. The monoisotopic (exact) mass is 280 g/mol. The van der Waals surface area contributed by atoms with Gasteiger partial charge in [-0.2, -0.15) is 0 Å². The molecule has 0 radical (unpaired) electrons. The summed E-state index contributed by atoms with van der Waals surface area (Å²) in [5, 5.41) is 2.89. The zero-order valence-electron chi connectivity index (χ0n) is 11.8. The Morgan fingerprint density at radius 1 is 1.45 bits per heavy atom. The molecule has 1 amide bonds. The Morgan fingerprint density at radius 3 is 2.90 bits per heavy atom. The Labute approximate surface area is 118 Å². The van der Waals surface area contributed by atoms with Gasteiger partial charge in [-0.25, -0.2) is 4.39 Å². The lowest BCUT2D eigenvalue weighted by molar-refractivity contribution is -0.123. The molecule has 0 bridgehead atoms. The van der Waals surface area contributed by atoms with Crippen molar-refractivity contribution in [1.82, 2.24) is 10.2 Å². The standard InChI is InChI=1S/C15H21FN2O2/c1-2-18-9-3-4-13(18)10-17-15(19)11-20-14-7-5-12(16)6-8-14/h5-8,13H,2-4,9-11H2,1H3,(H,17,19)/t13-/m1/s1. The summed E-state index contributed by atoms with van der Waals surface area (Å²) in [7, 11) is 0. The van der Waals surface area contributed by atoms with Gasteiger partial charge in [-0.3, -0.25) is 9.69 Å². The first-order chi connectivity index (χ1) is 9.69. The van der Waals surface area contributed by atoms with Crippen molar-refractivity contribution < 1.29 is 13.9 Å². The predicted octanol–water partition coefficient (Wildman–Crippen LogP) is 1.80. The minimum atomic E-state index is -0.317. The minimum absolute atomic E-state index is 0.0372. The van der Waals surface area contributed by atoms with Crippen molar-refractivity contribution in [2.45, 2.75) is 25.8 Å². The molecule has 110 valence electrons. The van der Waals surface area contributed by atoms with E-state index in [1.165, 1.54) is 30.7 Å². The number of likely N-dealkylation sites (tertiary alicyclic amines) is 1. The molecular weight excluding hydrogens is 259 g/mol. The van der Waals surface area contributed by atoms with E-state index < -0.39 is 0 Å². The first kappa shape index (κ1) is 14.8. The van der Waals surface area contributed by atoms with E-state index in [4.69, 9.17) is 4.74 Å². The number of hydrogen-bond acceptors (Lipinski definition) is 3. The molecule has 1 aliphatic heterocycles. The summed E-state index contributed by atoms with van der Waals surface area (Å²) in [5.41, 5.74) is 0. The van der Waals surface area contributed by atoms with Crippen LogP contribution in [0.2, 0.25) is 0 Å². The number of carbonyl (C=O) groups excluding carboxylic acids is 1. The van der Waals surface area contributed by atoms with Crippen LogP contribution >= 0.6 is 0 Å². The highest BCUT2D eigenvalue weighted by molar-refractivity contribution is 5.77. The van der Waals surface area contributed by atoms with Crippen LogP contribution in [0.1, 0.15) is 19.8 Å². The minimum Gasteiger partial charge on any atom is -0.484 e. The van der Waals surface area contributed by atoms with Gasteiger partial charge in [0.05, 0.1) is 0 Å². The number of carbonyl (C=O) groups is 1. The zero-order chi connectivity index (χ0) is 14.4. The third-order valence-electron chi connectivity index (χ3n) is 3.62. The second-order valence-corrected chi connectivity index (χ2v) is 4.97. The molecule has 1 atom stereocenters. The molecule has 4 nitrogen and oxygen atoms in total. The molecule has 2 rings (SSSR count). The van der Waals surface area contributed by atoms with Gasteiger partial charge in [0.1, 0.15) is 11.6 Å². The van der Waals surface area contributed by atoms with E-state index in [2.05, 4.69) is 17.1 Å². The van der Waals surface area contributed by atoms with E-state index in [1.54, 1.807) is 0 Å². The quantitative estimate of drug-likeness (QED) is 0.864. The third kappa shape index (κ3) is 4.20. The molecular formula is C15H21FN2O2. The summed E-state index contributed by atoms with van der Waals surface area (Å²) in [6.45, 7) is 4.90. The van der Waals surface area contributed by atoms with Crippen molar-refractivity contribution in [2.24, 2.45) is 0 Å².